The predicted octanol–water partition coefficient (Wildman–Crippen LogP) is 8.86. The molecule has 2 aliphatic rings. The lowest BCUT2D eigenvalue weighted by Gasteiger charge is -2.61. The van der Waals surface area contributed by atoms with Gasteiger partial charge >= 0.3 is 0 Å². The summed E-state index contributed by atoms with van der Waals surface area (Å²) in [5.41, 5.74) is 12.0. The van der Waals surface area contributed by atoms with E-state index in [2.05, 4.69) is 149 Å². The van der Waals surface area contributed by atoms with Crippen molar-refractivity contribution in [2.75, 3.05) is 14.1 Å². The zero-order valence-corrected chi connectivity index (χ0v) is 24.8. The number of nitrogens with zero attached hydrogens (tertiary/aromatic N) is 2. The molecule has 2 fully saturated rings. The summed E-state index contributed by atoms with van der Waals surface area (Å²) < 4.78 is 0. The van der Waals surface area contributed by atoms with E-state index < -0.39 is 0 Å². The van der Waals surface area contributed by atoms with Gasteiger partial charge < -0.3 is 0 Å². The first-order chi connectivity index (χ1) is 19.2. The summed E-state index contributed by atoms with van der Waals surface area (Å²) in [7, 11) is 4.70. The van der Waals surface area contributed by atoms with Crippen LogP contribution in [0.25, 0.3) is 0 Å². The topological polar surface area (TPSA) is 6.48 Å². The van der Waals surface area contributed by atoms with Gasteiger partial charge in [-0.05, 0) is 64.0 Å². The van der Waals surface area contributed by atoms with Crippen molar-refractivity contribution in [1.82, 2.24) is 9.80 Å². The second-order valence-electron chi connectivity index (χ2n) is 12.4. The predicted molar refractivity (Wildman–Crippen MR) is 167 cm³/mol. The van der Waals surface area contributed by atoms with Crippen molar-refractivity contribution in [2.45, 2.75) is 51.9 Å². The van der Waals surface area contributed by atoms with E-state index in [-0.39, 0.29) is 36.0 Å². The van der Waals surface area contributed by atoms with Crippen LogP contribution in [-0.2, 0) is 0 Å². The van der Waals surface area contributed by atoms with Gasteiger partial charge in [0.1, 0.15) is 0 Å². The van der Waals surface area contributed by atoms with Gasteiger partial charge in [-0.3, -0.25) is 9.80 Å². The smallest absolute Gasteiger partial charge is 0.0435 e. The summed E-state index contributed by atoms with van der Waals surface area (Å²) in [6.07, 6.45) is 0. The molecule has 4 aromatic rings. The first kappa shape index (κ1) is 26.7. The van der Waals surface area contributed by atoms with Gasteiger partial charge in [0.15, 0.2) is 0 Å². The lowest BCUT2D eigenvalue weighted by molar-refractivity contribution is -0.0652. The van der Waals surface area contributed by atoms with E-state index in [1.807, 2.05) is 0 Å². The molecule has 2 aliphatic heterocycles. The molecule has 2 saturated heterocycles. The Kier molecular flexibility index (Phi) is 7.02. The van der Waals surface area contributed by atoms with Crippen LogP contribution in [0.5, 0.6) is 0 Å². The van der Waals surface area contributed by atoms with Crippen molar-refractivity contribution in [1.29, 1.82) is 0 Å². The Morgan fingerprint density at radius 2 is 0.600 bits per heavy atom. The van der Waals surface area contributed by atoms with Crippen molar-refractivity contribution in [2.24, 2.45) is 11.8 Å². The highest BCUT2D eigenvalue weighted by Gasteiger charge is 2.56. The summed E-state index contributed by atoms with van der Waals surface area (Å²) >= 11 is 0. The number of piperidine rings is 2. The Labute approximate surface area is 241 Å². The maximum absolute atomic E-state index is 4.99. The molecule has 4 atom stereocenters. The molecule has 2 heteroatoms. The molecule has 2 nitrogen and oxygen atoms in total. The molecule has 4 aromatic carbocycles. The number of likely N-dealkylation sites (tertiary alicyclic amines) is 2. The molecule has 0 aliphatic carbocycles. The van der Waals surface area contributed by atoms with Crippen molar-refractivity contribution in [3.63, 3.8) is 0 Å². The van der Waals surface area contributed by atoms with Crippen LogP contribution in [0.2, 0.25) is 0 Å². The number of rotatable bonds is 4. The van der Waals surface area contributed by atoms with Crippen molar-refractivity contribution in [3.05, 3.63) is 154 Å². The lowest BCUT2D eigenvalue weighted by atomic mass is 9.60. The van der Waals surface area contributed by atoms with Gasteiger partial charge in [-0.15, -0.1) is 0 Å². The first-order valence-corrected chi connectivity index (χ1v) is 14.6. The summed E-state index contributed by atoms with van der Waals surface area (Å²) in [6, 6.07) is 37.7. The Morgan fingerprint density at radius 3 is 0.800 bits per heavy atom. The number of fused-ring (bicyclic) bond motifs is 2. The summed E-state index contributed by atoms with van der Waals surface area (Å²) in [5, 5.41) is 0. The van der Waals surface area contributed by atoms with E-state index in [1.165, 1.54) is 50.1 Å². The van der Waals surface area contributed by atoms with Gasteiger partial charge in [0.2, 0.25) is 0 Å². The Hall–Kier alpha value is -3.46. The van der Waals surface area contributed by atoms with E-state index in [9.17, 15) is 0 Å². The van der Waals surface area contributed by atoms with Gasteiger partial charge in [-0.1, -0.05) is 131 Å². The molecule has 2 bridgehead atoms. The first-order valence-electron chi connectivity index (χ1n) is 14.6. The second kappa shape index (κ2) is 10.5. The van der Waals surface area contributed by atoms with Crippen LogP contribution in [0.4, 0.5) is 0 Å². The summed E-state index contributed by atoms with van der Waals surface area (Å²) in [4.78, 5) is 5.35. The van der Waals surface area contributed by atoms with Crippen LogP contribution in [0, 0.1) is 39.5 Å². The maximum atomic E-state index is 4.99. The lowest BCUT2D eigenvalue weighted by Crippen LogP contribution is -2.56. The van der Waals surface area contributed by atoms with Crippen molar-refractivity contribution < 1.29 is 0 Å². The van der Waals surface area contributed by atoms with Crippen LogP contribution >= 0.6 is 0 Å². The molecular weight excluding hydrogens is 484 g/mol. The van der Waals surface area contributed by atoms with Crippen LogP contribution in [0.1, 0.15) is 68.7 Å². The summed E-state index contributed by atoms with van der Waals surface area (Å²) in [5.74, 6) is 0.516. The molecule has 6 rings (SSSR count). The Bertz CT molecular complexity index is 1260. The van der Waals surface area contributed by atoms with Crippen LogP contribution < -0.4 is 0 Å². The number of hydrogen-bond acceptors (Lipinski definition) is 2. The van der Waals surface area contributed by atoms with Gasteiger partial charge in [-0.25, -0.2) is 0 Å². The fraction of sp³-hybridized carbons (Fsp3) is 0.316. The molecule has 0 amide bonds. The molecule has 40 heavy (non-hydrogen) atoms. The molecule has 204 valence electrons. The maximum Gasteiger partial charge on any atom is 0.0435 e. The highest BCUT2D eigenvalue weighted by atomic mass is 15.3. The van der Waals surface area contributed by atoms with Gasteiger partial charge in [0, 0.05) is 36.0 Å². The monoisotopic (exact) mass is 526 g/mol. The highest BCUT2D eigenvalue weighted by molar-refractivity contribution is 5.42. The molecule has 0 aromatic heterocycles. The van der Waals surface area contributed by atoms with E-state index in [0.29, 0.717) is 0 Å². The van der Waals surface area contributed by atoms with Crippen LogP contribution in [0.3, 0.4) is 0 Å². The van der Waals surface area contributed by atoms with Gasteiger partial charge in [-0.2, -0.15) is 0 Å². The highest BCUT2D eigenvalue weighted by Crippen LogP contribution is 2.62. The Morgan fingerprint density at radius 1 is 0.400 bits per heavy atom. The minimum Gasteiger partial charge on any atom is -0.291 e. The molecule has 0 unspecified atom stereocenters. The minimum atomic E-state index is 0.211. The fourth-order valence-corrected chi connectivity index (χ4v) is 7.56. The zero-order valence-electron chi connectivity index (χ0n) is 24.8. The molecule has 0 spiro atoms. The molecule has 0 radical (unpaired) electrons. The summed E-state index contributed by atoms with van der Waals surface area (Å²) in [6.45, 7) is 13.7. The minimum absolute atomic E-state index is 0.211. The van der Waals surface area contributed by atoms with E-state index in [0.717, 1.165) is 0 Å². The van der Waals surface area contributed by atoms with E-state index in [4.69, 9.17) is 6.58 Å². The number of benzene rings is 4. The zero-order chi connectivity index (χ0) is 28.1. The van der Waals surface area contributed by atoms with E-state index in [1.54, 1.807) is 0 Å². The third-order valence-corrected chi connectivity index (χ3v) is 9.65. The Balaban J connectivity index is 1.58. The molecule has 2 heterocycles. The van der Waals surface area contributed by atoms with Crippen LogP contribution in [0.15, 0.2) is 109 Å². The molecule has 0 N–H and O–H groups in total. The SMILES string of the molecule is C=C1C2[C@@H](c3ccc(C)cc3)N(C)[C@@H](c3ccc(C)cc3)C1[C@H](c1ccc(C)cc1)N(C)[C@@H]2c1ccc(C)cc1. The average Bonchev–Trinajstić information content (AvgIpc) is 2.94. The van der Waals surface area contributed by atoms with Crippen molar-refractivity contribution >= 4 is 0 Å². The molecule has 0 saturated carbocycles. The van der Waals surface area contributed by atoms with Gasteiger partial charge in [0.25, 0.3) is 0 Å². The third-order valence-electron chi connectivity index (χ3n) is 9.65. The average molecular weight is 527 g/mol. The number of aryl methyl sites for hydroxylation is 4. The van der Waals surface area contributed by atoms with Crippen LogP contribution in [-0.4, -0.2) is 23.9 Å². The molecular formula is C38H42N2. The quantitative estimate of drug-likeness (QED) is 0.245. The van der Waals surface area contributed by atoms with Crippen molar-refractivity contribution in [3.8, 4) is 0 Å². The second-order valence-corrected chi connectivity index (χ2v) is 12.4. The largest absolute Gasteiger partial charge is 0.291 e. The normalized spacial score (nSPS) is 27.1. The number of hydrogen-bond donors (Lipinski definition) is 0. The van der Waals surface area contributed by atoms with E-state index >= 15 is 0 Å². The fourth-order valence-electron chi connectivity index (χ4n) is 7.56. The standard InChI is InChI=1S/C38H42N2/c1-24-8-16-29(17-9-24)35-33-28(5)34(37(39(35)6)31-20-12-26(3)13-21-31)38(32-22-14-27(4)15-23-32)40(7)36(33)30-18-10-25(2)11-19-30/h8-23,33-38H,5H2,1-4,6-7H3/t33?,34?,35-,36-,37+,38+. The third kappa shape index (κ3) is 4.54. The van der Waals surface area contributed by atoms with Gasteiger partial charge in [0.05, 0.1) is 0 Å².